The van der Waals surface area contributed by atoms with Gasteiger partial charge in [-0.3, -0.25) is 19.3 Å². The SMILES string of the molecule is Cn1nnnc1SCC1=C(C(=O)O)N2C(=O)[C@@H](NC(=O)C(=NOC(O)c3cc(=O)c(O)c[nH]3)c3csc(N)n3)[C@H]2SC1. The molecule has 0 saturated carbocycles. The van der Waals surface area contributed by atoms with Crippen LogP contribution in [-0.4, -0.2) is 96.8 Å². The number of carbonyl (C=O) groups excluding carboxylic acids is 2. The number of aromatic hydroxyl groups is 1. The van der Waals surface area contributed by atoms with E-state index in [4.69, 9.17) is 10.6 Å². The van der Waals surface area contributed by atoms with Crippen molar-refractivity contribution < 1.29 is 34.5 Å². The van der Waals surface area contributed by atoms with Crippen molar-refractivity contribution >= 4 is 63.5 Å². The number of carbonyl (C=O) groups is 3. The van der Waals surface area contributed by atoms with E-state index in [1.807, 2.05) is 0 Å². The summed E-state index contributed by atoms with van der Waals surface area (Å²) < 4.78 is 1.44. The van der Waals surface area contributed by atoms with Crippen molar-refractivity contribution in [2.75, 3.05) is 17.2 Å². The molecule has 7 N–H and O–H groups in total. The normalized spacial score (nSPS) is 19.2. The van der Waals surface area contributed by atoms with E-state index >= 15 is 0 Å². The molecule has 2 aliphatic heterocycles. The second kappa shape index (κ2) is 11.8. The Morgan fingerprint density at radius 3 is 2.83 bits per heavy atom. The second-order valence-corrected chi connectivity index (χ2v) is 11.5. The number of oxime groups is 1. The summed E-state index contributed by atoms with van der Waals surface area (Å²) in [6.45, 7) is 0. The van der Waals surface area contributed by atoms with Crippen molar-refractivity contribution in [2.45, 2.75) is 22.9 Å². The predicted octanol–water partition coefficient (Wildman–Crippen LogP) is -1.41. The number of thiazole rings is 1. The number of hydrogen-bond acceptors (Lipinski definition) is 16. The molecule has 21 heteroatoms. The van der Waals surface area contributed by atoms with Crippen molar-refractivity contribution in [2.24, 2.45) is 12.2 Å². The van der Waals surface area contributed by atoms with Crippen molar-refractivity contribution in [3.8, 4) is 5.75 Å². The molecule has 1 fully saturated rings. The van der Waals surface area contributed by atoms with Gasteiger partial charge in [-0.05, 0) is 16.0 Å². The molecule has 0 bridgehead atoms. The highest BCUT2D eigenvalue weighted by Gasteiger charge is 2.54. The van der Waals surface area contributed by atoms with Crippen LogP contribution in [0.2, 0.25) is 0 Å². The van der Waals surface area contributed by atoms with Crippen LogP contribution in [0.4, 0.5) is 5.13 Å². The largest absolute Gasteiger partial charge is 0.503 e. The number of nitrogen functional groups attached to an aromatic ring is 1. The maximum atomic E-state index is 13.3. The molecule has 0 spiro atoms. The number of nitrogens with one attached hydrogen (secondary N) is 2. The number of fused-ring (bicyclic) bond motifs is 1. The Morgan fingerprint density at radius 2 is 2.19 bits per heavy atom. The number of thioether (sulfide) groups is 2. The molecule has 5 rings (SSSR count). The monoisotopic (exact) mass is 636 g/mol. The number of anilines is 1. The third-order valence-electron chi connectivity index (χ3n) is 5.90. The Morgan fingerprint density at radius 1 is 1.40 bits per heavy atom. The van der Waals surface area contributed by atoms with Crippen LogP contribution >= 0.6 is 34.9 Å². The number of aromatic amines is 1. The summed E-state index contributed by atoms with van der Waals surface area (Å²) in [6, 6.07) is -0.226. The highest BCUT2D eigenvalue weighted by molar-refractivity contribution is 8.01. The summed E-state index contributed by atoms with van der Waals surface area (Å²) in [4.78, 5) is 62.8. The second-order valence-electron chi connectivity index (χ2n) is 8.60. The zero-order valence-electron chi connectivity index (χ0n) is 21.2. The lowest BCUT2D eigenvalue weighted by atomic mass is 10.0. The summed E-state index contributed by atoms with van der Waals surface area (Å²) >= 11 is 3.48. The number of tetrazole rings is 1. The highest BCUT2D eigenvalue weighted by atomic mass is 32.2. The molecule has 0 radical (unpaired) electrons. The van der Waals surface area contributed by atoms with Gasteiger partial charge in [0.15, 0.2) is 16.6 Å². The van der Waals surface area contributed by atoms with Crippen LogP contribution in [0.5, 0.6) is 5.75 Å². The van der Waals surface area contributed by atoms with E-state index in [1.54, 1.807) is 7.05 Å². The maximum Gasteiger partial charge on any atom is 0.352 e. The van der Waals surface area contributed by atoms with Gasteiger partial charge in [0.2, 0.25) is 10.6 Å². The number of nitrogens with zero attached hydrogens (tertiary/aromatic N) is 7. The zero-order chi connectivity index (χ0) is 30.1. The minimum absolute atomic E-state index is 0.0231. The summed E-state index contributed by atoms with van der Waals surface area (Å²) in [5.74, 6) is -2.95. The van der Waals surface area contributed by atoms with Crippen molar-refractivity contribution in [3.05, 3.63) is 50.5 Å². The molecule has 2 amide bonds. The molecular weight excluding hydrogens is 616 g/mol. The van der Waals surface area contributed by atoms with Crippen LogP contribution in [0.3, 0.4) is 0 Å². The van der Waals surface area contributed by atoms with Gasteiger partial charge in [-0.25, -0.2) is 14.5 Å². The Labute approximate surface area is 246 Å². The zero-order valence-corrected chi connectivity index (χ0v) is 23.6. The van der Waals surface area contributed by atoms with Crippen LogP contribution in [0, 0.1) is 0 Å². The minimum Gasteiger partial charge on any atom is -0.503 e. The summed E-state index contributed by atoms with van der Waals surface area (Å²) in [5.41, 5.74) is 4.58. The summed E-state index contributed by atoms with van der Waals surface area (Å²) in [6.07, 6.45) is -0.904. The summed E-state index contributed by atoms with van der Waals surface area (Å²) in [5, 5.41) is 48.2. The number of carboxylic acid groups (broad SMARTS) is 1. The van der Waals surface area contributed by atoms with Gasteiger partial charge >= 0.3 is 5.97 Å². The molecule has 3 atom stereocenters. The van der Waals surface area contributed by atoms with E-state index in [0.717, 1.165) is 28.5 Å². The number of aliphatic hydroxyl groups is 1. The third-order valence-corrected chi connectivity index (χ3v) is 9.01. The molecule has 0 aromatic carbocycles. The van der Waals surface area contributed by atoms with E-state index in [9.17, 15) is 34.5 Å². The smallest absolute Gasteiger partial charge is 0.352 e. The lowest BCUT2D eigenvalue weighted by Gasteiger charge is -2.49. The molecule has 42 heavy (non-hydrogen) atoms. The number of aliphatic hydroxyl groups excluding tert-OH is 1. The van der Waals surface area contributed by atoms with Gasteiger partial charge in [0.1, 0.15) is 22.8 Å². The number of hydrogen-bond donors (Lipinski definition) is 6. The highest BCUT2D eigenvalue weighted by Crippen LogP contribution is 2.41. The number of rotatable bonds is 10. The van der Waals surface area contributed by atoms with E-state index in [2.05, 4.69) is 36.0 Å². The average Bonchev–Trinajstić information content (AvgIpc) is 3.58. The molecule has 1 saturated heterocycles. The van der Waals surface area contributed by atoms with Gasteiger partial charge in [-0.2, -0.15) is 0 Å². The minimum atomic E-state index is -1.84. The number of aliphatic carboxylic acids is 1. The van der Waals surface area contributed by atoms with Gasteiger partial charge in [0, 0.05) is 36.2 Å². The Kier molecular flexibility index (Phi) is 8.15. The van der Waals surface area contributed by atoms with Crippen LogP contribution < -0.4 is 16.5 Å². The van der Waals surface area contributed by atoms with Crippen molar-refractivity contribution in [3.63, 3.8) is 0 Å². The lowest BCUT2D eigenvalue weighted by molar-refractivity contribution is -0.150. The Hall–Kier alpha value is -4.47. The number of amides is 2. The molecule has 2 aliphatic rings. The number of aryl methyl sites for hydroxylation is 1. The first-order valence-electron chi connectivity index (χ1n) is 11.7. The van der Waals surface area contributed by atoms with Gasteiger partial charge in [0.25, 0.3) is 18.1 Å². The van der Waals surface area contributed by atoms with Crippen molar-refractivity contribution in [1.82, 2.24) is 40.4 Å². The predicted molar refractivity (Wildman–Crippen MR) is 147 cm³/mol. The van der Waals surface area contributed by atoms with E-state index in [0.29, 0.717) is 10.7 Å². The number of H-pyrrole nitrogens is 1. The van der Waals surface area contributed by atoms with Crippen LogP contribution in [0.15, 0.2) is 44.0 Å². The fraction of sp³-hybridized carbons (Fsp3) is 0.286. The maximum absolute atomic E-state index is 13.3. The Bertz CT molecular complexity index is 1680. The van der Waals surface area contributed by atoms with Gasteiger partial charge in [-0.15, -0.1) is 28.2 Å². The van der Waals surface area contributed by atoms with Crippen molar-refractivity contribution in [1.29, 1.82) is 0 Å². The quantitative estimate of drug-likeness (QED) is 0.0490. The fourth-order valence-electron chi connectivity index (χ4n) is 3.88. The van der Waals surface area contributed by atoms with Crippen LogP contribution in [-0.2, 0) is 26.3 Å². The number of nitrogens with two attached hydrogens (primary N) is 1. The van der Waals surface area contributed by atoms with Gasteiger partial charge in [0.05, 0.1) is 5.69 Å². The Balaban J connectivity index is 1.32. The standard InChI is InChI=1S/C21H20N10O8S3/c1-30-21(26-28-29-30)42-5-7-4-40-17-13(16(35)31(17)14(7)18(36)37)25-15(34)12(9-6-41-20(22)24-9)27-39-19(38)8-2-10(32)11(33)3-23-8/h2-3,6,13,17,19,33,38H,4-5H2,1H3,(H2,22,24)(H,23,32)(H,25,34)(H,36,37)/t13-,17-,19?/m1/s1. The van der Waals surface area contributed by atoms with E-state index in [1.165, 1.54) is 33.6 Å². The number of β-lactam (4-membered cyclic amide) rings is 1. The molecule has 0 aliphatic carbocycles. The average molecular weight is 637 g/mol. The van der Waals surface area contributed by atoms with Gasteiger partial charge < -0.3 is 36.2 Å². The van der Waals surface area contributed by atoms with Crippen LogP contribution in [0.25, 0.3) is 0 Å². The molecule has 3 aromatic rings. The molecule has 18 nitrogen and oxygen atoms in total. The molecule has 1 unspecified atom stereocenters. The molecule has 5 heterocycles. The first-order valence-corrected chi connectivity index (χ1v) is 14.6. The first kappa shape index (κ1) is 29.0. The summed E-state index contributed by atoms with van der Waals surface area (Å²) in [7, 11) is 1.64. The molecule has 220 valence electrons. The first-order chi connectivity index (χ1) is 20.0. The van der Waals surface area contributed by atoms with E-state index < -0.39 is 52.4 Å². The van der Waals surface area contributed by atoms with Crippen LogP contribution in [0.1, 0.15) is 17.7 Å². The molecular formula is C21H20N10O8S3. The van der Waals surface area contributed by atoms with E-state index in [-0.39, 0.29) is 33.7 Å². The topological polar surface area (TPSA) is 264 Å². The fourth-order valence-corrected chi connectivity index (χ4v) is 6.76. The lowest BCUT2D eigenvalue weighted by Crippen LogP contribution is -2.71. The van der Waals surface area contributed by atoms with Gasteiger partial charge in [-0.1, -0.05) is 16.9 Å². The molecule has 3 aromatic heterocycles. The number of carboxylic acids is 1. The number of pyridine rings is 1. The third kappa shape index (κ3) is 5.66. The number of aromatic nitrogens is 6.